The molecule has 3 fully saturated rings. The van der Waals surface area contributed by atoms with Gasteiger partial charge in [0.05, 0.1) is 30.0 Å². The minimum atomic E-state index is -4.82. The van der Waals surface area contributed by atoms with E-state index in [1.165, 1.54) is 12.1 Å². The summed E-state index contributed by atoms with van der Waals surface area (Å²) in [6, 6.07) is 13.8. The highest BCUT2D eigenvalue weighted by Crippen LogP contribution is 2.47. The number of para-hydroxylation sites is 2. The Kier molecular flexibility index (Phi) is 6.73. The van der Waals surface area contributed by atoms with Gasteiger partial charge in [-0.3, -0.25) is 0 Å². The first kappa shape index (κ1) is 26.7. The van der Waals surface area contributed by atoms with Crippen molar-refractivity contribution in [3.8, 4) is 23.1 Å². The van der Waals surface area contributed by atoms with Gasteiger partial charge in [-0.05, 0) is 74.6 Å². The Morgan fingerprint density at radius 1 is 1.02 bits per heavy atom. The van der Waals surface area contributed by atoms with Gasteiger partial charge in [-0.2, -0.15) is 5.26 Å². The maximum atomic E-state index is 13.1. The molecule has 0 aliphatic heterocycles. The molecule has 0 radical (unpaired) electrons. The number of nitriles is 1. The van der Waals surface area contributed by atoms with E-state index >= 15 is 0 Å². The Hall–Kier alpha value is -4.17. The number of ether oxygens (including phenoxy) is 2. The number of hydrogen-bond donors (Lipinski definition) is 1. The first-order valence-corrected chi connectivity index (χ1v) is 14.2. The number of hydrogen-bond acceptors (Lipinski definition) is 8. The van der Waals surface area contributed by atoms with Crippen LogP contribution in [0.15, 0.2) is 53.2 Å². The number of anilines is 1. The molecule has 2 heterocycles. The van der Waals surface area contributed by atoms with Gasteiger partial charge in [0.1, 0.15) is 34.6 Å². The molecule has 0 saturated heterocycles. The molecule has 42 heavy (non-hydrogen) atoms. The summed E-state index contributed by atoms with van der Waals surface area (Å²) in [5, 5.41) is 17.1. The molecule has 2 aromatic carbocycles. The van der Waals surface area contributed by atoms with E-state index in [1.54, 1.807) is 24.4 Å². The van der Waals surface area contributed by atoms with Crippen LogP contribution in [0.2, 0.25) is 0 Å². The highest BCUT2D eigenvalue weighted by Gasteiger charge is 2.44. The second-order valence-corrected chi connectivity index (χ2v) is 11.4. The average molecular weight is 576 g/mol. The van der Waals surface area contributed by atoms with Crippen LogP contribution in [0.5, 0.6) is 5.75 Å². The summed E-state index contributed by atoms with van der Waals surface area (Å²) >= 11 is 0. The summed E-state index contributed by atoms with van der Waals surface area (Å²) in [5.74, 6) is 2.07. The lowest BCUT2D eigenvalue weighted by Gasteiger charge is -2.36. The standard InChI is InChI=1S/C31H28F3N5O3/c32-31(33,34)41-25-7-2-1-5-22(25)29-23(30(42-39-29)17-8-9-17)16-40-21-12-18-10-11-19(13-21)27(18)38-26-15-36-28-20(14-35)4-3-6-24(28)37-26/h1-7,15,17-19,21,27H,8-13,16H2,(H,37,38)/t18-,19+,21+,27-. The second-order valence-electron chi connectivity index (χ2n) is 11.4. The first-order valence-electron chi connectivity index (χ1n) is 14.2. The van der Waals surface area contributed by atoms with Gasteiger partial charge in [-0.25, -0.2) is 9.97 Å². The van der Waals surface area contributed by atoms with Crippen LogP contribution in [0, 0.1) is 23.2 Å². The Balaban J connectivity index is 1.06. The first-order chi connectivity index (χ1) is 20.4. The molecule has 4 atom stereocenters. The normalized spacial score (nSPS) is 23.6. The number of alkyl halides is 3. The van der Waals surface area contributed by atoms with Gasteiger partial charge in [-0.15, -0.1) is 13.2 Å². The van der Waals surface area contributed by atoms with Crippen LogP contribution >= 0.6 is 0 Å². The molecule has 0 spiro atoms. The van der Waals surface area contributed by atoms with E-state index in [4.69, 9.17) is 14.2 Å². The number of benzene rings is 2. The van der Waals surface area contributed by atoms with Crippen molar-refractivity contribution in [1.29, 1.82) is 5.26 Å². The van der Waals surface area contributed by atoms with E-state index < -0.39 is 6.36 Å². The largest absolute Gasteiger partial charge is 0.573 e. The van der Waals surface area contributed by atoms with Crippen LogP contribution in [-0.4, -0.2) is 33.6 Å². The van der Waals surface area contributed by atoms with Crippen molar-refractivity contribution >= 4 is 16.9 Å². The number of aromatic nitrogens is 3. The van der Waals surface area contributed by atoms with E-state index in [9.17, 15) is 18.4 Å². The average Bonchev–Trinajstić information content (AvgIpc) is 3.69. The molecule has 1 N–H and O–H groups in total. The zero-order valence-electron chi connectivity index (χ0n) is 22.6. The van der Waals surface area contributed by atoms with Crippen LogP contribution in [0.25, 0.3) is 22.3 Å². The van der Waals surface area contributed by atoms with E-state index in [-0.39, 0.29) is 36.0 Å². The van der Waals surface area contributed by atoms with Crippen molar-refractivity contribution in [2.45, 2.75) is 69.6 Å². The smallest absolute Gasteiger partial charge is 0.405 e. The summed E-state index contributed by atoms with van der Waals surface area (Å²) in [6.07, 6.45) is 2.68. The topological polar surface area (TPSA) is 106 Å². The third kappa shape index (κ3) is 5.27. The summed E-state index contributed by atoms with van der Waals surface area (Å²) in [7, 11) is 0. The van der Waals surface area contributed by atoms with Crippen LogP contribution in [-0.2, 0) is 11.3 Å². The van der Waals surface area contributed by atoms with E-state index in [0.717, 1.165) is 38.5 Å². The summed E-state index contributed by atoms with van der Waals surface area (Å²) in [6.45, 7) is 0.213. The van der Waals surface area contributed by atoms with Gasteiger partial charge in [0, 0.05) is 23.1 Å². The highest BCUT2D eigenvalue weighted by molar-refractivity contribution is 5.81. The number of fused-ring (bicyclic) bond motifs is 3. The molecule has 11 heteroatoms. The van der Waals surface area contributed by atoms with Gasteiger partial charge in [0.15, 0.2) is 0 Å². The molecule has 216 valence electrons. The third-order valence-electron chi connectivity index (χ3n) is 8.66. The van der Waals surface area contributed by atoms with Crippen molar-refractivity contribution in [3.63, 3.8) is 0 Å². The summed E-state index contributed by atoms with van der Waals surface area (Å²) in [5.41, 5.74) is 3.05. The molecule has 7 rings (SSSR count). The lowest BCUT2D eigenvalue weighted by molar-refractivity contribution is -0.274. The summed E-state index contributed by atoms with van der Waals surface area (Å²) in [4.78, 5) is 9.20. The van der Waals surface area contributed by atoms with Gasteiger partial charge >= 0.3 is 6.36 Å². The Bertz CT molecular complexity index is 1650. The van der Waals surface area contributed by atoms with Crippen LogP contribution in [0.4, 0.5) is 19.0 Å². The van der Waals surface area contributed by atoms with Crippen LogP contribution in [0.1, 0.15) is 61.3 Å². The monoisotopic (exact) mass is 575 g/mol. The van der Waals surface area contributed by atoms with Crippen molar-refractivity contribution in [2.24, 2.45) is 11.8 Å². The fourth-order valence-corrected chi connectivity index (χ4v) is 6.63. The quantitative estimate of drug-likeness (QED) is 0.237. The van der Waals surface area contributed by atoms with Gasteiger partial charge in [0.25, 0.3) is 0 Å². The number of halogens is 3. The number of nitrogens with one attached hydrogen (secondary N) is 1. The molecule has 8 nitrogen and oxygen atoms in total. The molecule has 2 aromatic heterocycles. The highest BCUT2D eigenvalue weighted by atomic mass is 19.4. The van der Waals surface area contributed by atoms with E-state index in [0.29, 0.717) is 51.3 Å². The minimum Gasteiger partial charge on any atom is -0.405 e. The molecule has 0 amide bonds. The maximum absolute atomic E-state index is 13.1. The lowest BCUT2D eigenvalue weighted by atomic mass is 9.82. The molecule has 3 aliphatic carbocycles. The Morgan fingerprint density at radius 2 is 1.81 bits per heavy atom. The fraction of sp³-hybridized carbons (Fsp3) is 0.419. The second kappa shape index (κ2) is 10.6. The Labute approximate surface area is 239 Å². The van der Waals surface area contributed by atoms with Crippen LogP contribution < -0.4 is 10.1 Å². The van der Waals surface area contributed by atoms with Gasteiger partial charge in [-0.1, -0.05) is 23.4 Å². The van der Waals surface area contributed by atoms with Crippen molar-refractivity contribution in [3.05, 3.63) is 65.5 Å². The molecule has 2 bridgehead atoms. The van der Waals surface area contributed by atoms with Crippen molar-refractivity contribution in [2.75, 3.05) is 5.32 Å². The van der Waals surface area contributed by atoms with E-state index in [1.807, 2.05) is 12.1 Å². The number of rotatable bonds is 8. The molecular formula is C31H28F3N5O3. The zero-order chi connectivity index (χ0) is 28.8. The molecular weight excluding hydrogens is 547 g/mol. The summed E-state index contributed by atoms with van der Waals surface area (Å²) < 4.78 is 55.8. The zero-order valence-corrected chi connectivity index (χ0v) is 22.6. The number of nitrogens with zero attached hydrogens (tertiary/aromatic N) is 4. The molecule has 3 aliphatic rings. The molecule has 0 unspecified atom stereocenters. The van der Waals surface area contributed by atoms with E-state index in [2.05, 4.69) is 26.3 Å². The molecule has 3 saturated carbocycles. The predicted octanol–water partition coefficient (Wildman–Crippen LogP) is 7.12. The third-order valence-corrected chi connectivity index (χ3v) is 8.66. The Morgan fingerprint density at radius 3 is 2.55 bits per heavy atom. The lowest BCUT2D eigenvalue weighted by Crippen LogP contribution is -2.39. The van der Waals surface area contributed by atoms with Crippen molar-refractivity contribution in [1.82, 2.24) is 15.1 Å². The minimum absolute atomic E-state index is 0.0119. The molecule has 4 aromatic rings. The SMILES string of the molecule is N#Cc1cccc2nc(N[C@@H]3[C@@H]4CC[C@H]3C[C@@H](OCc3c(-c5ccccc5OC(F)(F)F)noc3C3CC3)C4)cnc12. The predicted molar refractivity (Wildman–Crippen MR) is 146 cm³/mol. The van der Waals surface area contributed by atoms with Gasteiger partial charge < -0.3 is 19.3 Å². The van der Waals surface area contributed by atoms with Crippen molar-refractivity contribution < 1.29 is 27.2 Å². The van der Waals surface area contributed by atoms with Gasteiger partial charge in [0.2, 0.25) is 0 Å². The fourth-order valence-electron chi connectivity index (χ4n) is 6.63. The maximum Gasteiger partial charge on any atom is 0.573 e. The van der Waals surface area contributed by atoms with Crippen LogP contribution in [0.3, 0.4) is 0 Å².